The van der Waals surface area contributed by atoms with E-state index in [1.54, 1.807) is 16.7 Å². The Morgan fingerprint density at radius 2 is 1.71 bits per heavy atom. The highest BCUT2D eigenvalue weighted by Gasteiger charge is 2.04. The summed E-state index contributed by atoms with van der Waals surface area (Å²) >= 11 is 0. The van der Waals surface area contributed by atoms with E-state index in [-0.39, 0.29) is 0 Å². The Kier molecular flexibility index (Phi) is 7.55. The van der Waals surface area contributed by atoms with Crippen LogP contribution in [-0.4, -0.2) is 0 Å². The molecule has 0 aliphatic heterocycles. The number of allylic oxidation sites excluding steroid dienone is 4. The molecule has 0 saturated carbocycles. The smallest absolute Gasteiger partial charge is 0.0280 e. The van der Waals surface area contributed by atoms with Crippen LogP contribution in [0.1, 0.15) is 66.7 Å². The van der Waals surface area contributed by atoms with Crippen LogP contribution >= 0.6 is 0 Å². The third-order valence-corrected chi connectivity index (χ3v) is 2.93. The maximum Gasteiger partial charge on any atom is -0.0280 e. The molecule has 0 aliphatic rings. The van der Waals surface area contributed by atoms with Crippen LogP contribution in [0.3, 0.4) is 0 Å². The van der Waals surface area contributed by atoms with Gasteiger partial charge in [-0.25, -0.2) is 0 Å². The van der Waals surface area contributed by atoms with Crippen molar-refractivity contribution < 1.29 is 0 Å². The van der Waals surface area contributed by atoms with E-state index >= 15 is 0 Å². The van der Waals surface area contributed by atoms with Crippen LogP contribution in [0.2, 0.25) is 0 Å². The van der Waals surface area contributed by atoms with Gasteiger partial charge in [0.15, 0.2) is 0 Å². The zero-order chi connectivity index (χ0) is 11.0. The molecule has 82 valence electrons. The summed E-state index contributed by atoms with van der Waals surface area (Å²) in [6.45, 7) is 11.2. The largest absolute Gasteiger partial charge is 0.0842 e. The predicted molar refractivity (Wildman–Crippen MR) is 66.6 cm³/mol. The van der Waals surface area contributed by atoms with Crippen molar-refractivity contribution in [2.75, 3.05) is 0 Å². The van der Waals surface area contributed by atoms with Gasteiger partial charge in [0.05, 0.1) is 0 Å². The van der Waals surface area contributed by atoms with Crippen molar-refractivity contribution in [1.29, 1.82) is 0 Å². The molecule has 0 N–H and O–H groups in total. The van der Waals surface area contributed by atoms with E-state index in [0.29, 0.717) is 0 Å². The van der Waals surface area contributed by atoms with Gasteiger partial charge in [-0.15, -0.1) is 0 Å². The van der Waals surface area contributed by atoms with Crippen LogP contribution in [0.4, 0.5) is 0 Å². The Balaban J connectivity index is 4.64. The monoisotopic (exact) mass is 194 g/mol. The Morgan fingerprint density at radius 1 is 1.07 bits per heavy atom. The predicted octanol–water partition coefficient (Wildman–Crippen LogP) is 5.26. The Hall–Kier alpha value is -0.520. The van der Waals surface area contributed by atoms with Gasteiger partial charge in [-0.3, -0.25) is 0 Å². The van der Waals surface area contributed by atoms with Gasteiger partial charge < -0.3 is 0 Å². The second-order valence-electron chi connectivity index (χ2n) is 3.88. The second kappa shape index (κ2) is 7.84. The number of rotatable bonds is 6. The fraction of sp³-hybridized carbons (Fsp3) is 0.714. The Labute approximate surface area is 90.1 Å². The summed E-state index contributed by atoms with van der Waals surface area (Å²) in [5, 5.41) is 0. The molecule has 0 bridgehead atoms. The molecule has 14 heavy (non-hydrogen) atoms. The SMILES string of the molecule is C/C=C(CCCC)\C(CC)=C(/C)CC. The molecule has 0 heteroatoms. The zero-order valence-corrected chi connectivity index (χ0v) is 10.6. The minimum atomic E-state index is 1.18. The lowest BCUT2D eigenvalue weighted by atomic mass is 9.93. The zero-order valence-electron chi connectivity index (χ0n) is 10.6. The van der Waals surface area contributed by atoms with Gasteiger partial charge in [-0.2, -0.15) is 0 Å². The van der Waals surface area contributed by atoms with Gasteiger partial charge in [0, 0.05) is 0 Å². The van der Waals surface area contributed by atoms with Crippen molar-refractivity contribution in [3.05, 3.63) is 22.8 Å². The summed E-state index contributed by atoms with van der Waals surface area (Å²) in [6, 6.07) is 0. The van der Waals surface area contributed by atoms with Crippen LogP contribution < -0.4 is 0 Å². The maximum atomic E-state index is 2.30. The molecular weight excluding hydrogens is 168 g/mol. The van der Waals surface area contributed by atoms with E-state index in [9.17, 15) is 0 Å². The number of hydrogen-bond donors (Lipinski definition) is 0. The highest BCUT2D eigenvalue weighted by atomic mass is 14.1. The summed E-state index contributed by atoms with van der Waals surface area (Å²) in [7, 11) is 0. The lowest BCUT2D eigenvalue weighted by Gasteiger charge is -2.13. The normalized spacial score (nSPS) is 14.2. The van der Waals surface area contributed by atoms with Gasteiger partial charge >= 0.3 is 0 Å². The molecular formula is C14H26. The fourth-order valence-corrected chi connectivity index (χ4v) is 1.85. The quantitative estimate of drug-likeness (QED) is 0.506. The first-order valence-corrected chi connectivity index (χ1v) is 6.05. The van der Waals surface area contributed by atoms with Crippen molar-refractivity contribution in [1.82, 2.24) is 0 Å². The minimum absolute atomic E-state index is 1.18. The van der Waals surface area contributed by atoms with Crippen molar-refractivity contribution in [2.45, 2.75) is 66.7 Å². The molecule has 0 aromatic heterocycles. The highest BCUT2D eigenvalue weighted by Crippen LogP contribution is 2.24. The third kappa shape index (κ3) is 4.13. The van der Waals surface area contributed by atoms with E-state index in [4.69, 9.17) is 0 Å². The van der Waals surface area contributed by atoms with Crippen LogP contribution in [-0.2, 0) is 0 Å². The van der Waals surface area contributed by atoms with E-state index in [1.165, 1.54) is 32.1 Å². The third-order valence-electron chi connectivity index (χ3n) is 2.93. The van der Waals surface area contributed by atoms with Gasteiger partial charge in [0.1, 0.15) is 0 Å². The van der Waals surface area contributed by atoms with Crippen LogP contribution in [0.15, 0.2) is 22.8 Å². The summed E-state index contributed by atoms with van der Waals surface area (Å²) < 4.78 is 0. The van der Waals surface area contributed by atoms with E-state index in [1.807, 2.05) is 0 Å². The van der Waals surface area contributed by atoms with Crippen molar-refractivity contribution in [3.8, 4) is 0 Å². The minimum Gasteiger partial charge on any atom is -0.0842 e. The molecule has 0 aliphatic carbocycles. The lowest BCUT2D eigenvalue weighted by molar-refractivity contribution is 0.779. The van der Waals surface area contributed by atoms with Crippen LogP contribution in [0.25, 0.3) is 0 Å². The molecule has 0 spiro atoms. The average Bonchev–Trinajstić information content (AvgIpc) is 2.23. The highest BCUT2D eigenvalue weighted by molar-refractivity contribution is 5.34. The second-order valence-corrected chi connectivity index (χ2v) is 3.88. The Bertz CT molecular complexity index is 206. The van der Waals surface area contributed by atoms with E-state index in [0.717, 1.165) is 0 Å². The number of unbranched alkanes of at least 4 members (excludes halogenated alkanes) is 1. The van der Waals surface area contributed by atoms with Crippen LogP contribution in [0, 0.1) is 0 Å². The van der Waals surface area contributed by atoms with Gasteiger partial charge in [0.2, 0.25) is 0 Å². The Morgan fingerprint density at radius 3 is 2.07 bits per heavy atom. The first kappa shape index (κ1) is 13.5. The fourth-order valence-electron chi connectivity index (χ4n) is 1.85. The van der Waals surface area contributed by atoms with E-state index in [2.05, 4.69) is 40.7 Å². The first-order valence-electron chi connectivity index (χ1n) is 6.05. The lowest BCUT2D eigenvalue weighted by Crippen LogP contribution is -1.93. The summed E-state index contributed by atoms with van der Waals surface area (Å²) in [5.41, 5.74) is 4.74. The summed E-state index contributed by atoms with van der Waals surface area (Å²) in [5.74, 6) is 0. The molecule has 0 atom stereocenters. The number of hydrogen-bond acceptors (Lipinski definition) is 0. The van der Waals surface area contributed by atoms with Gasteiger partial charge in [0.25, 0.3) is 0 Å². The molecule has 0 aromatic rings. The maximum absolute atomic E-state index is 2.30. The standard InChI is InChI=1S/C14H26/c1-6-10-11-13(8-3)14(9-4)12(5)7-2/h8H,6-7,9-11H2,1-5H3/b13-8-,14-12+. The summed E-state index contributed by atoms with van der Waals surface area (Å²) in [6.07, 6.45) is 8.54. The molecule has 0 amide bonds. The van der Waals surface area contributed by atoms with Crippen LogP contribution in [0.5, 0.6) is 0 Å². The average molecular weight is 194 g/mol. The molecule has 0 rings (SSSR count). The molecule has 0 nitrogen and oxygen atoms in total. The topological polar surface area (TPSA) is 0 Å². The molecule has 0 radical (unpaired) electrons. The van der Waals surface area contributed by atoms with Gasteiger partial charge in [-0.1, -0.05) is 38.8 Å². The van der Waals surface area contributed by atoms with Crippen molar-refractivity contribution in [2.24, 2.45) is 0 Å². The molecule has 0 aromatic carbocycles. The van der Waals surface area contributed by atoms with Crippen molar-refractivity contribution in [3.63, 3.8) is 0 Å². The molecule has 0 unspecified atom stereocenters. The first-order chi connectivity index (χ1) is 6.71. The molecule has 0 heterocycles. The van der Waals surface area contributed by atoms with Crippen molar-refractivity contribution >= 4 is 0 Å². The van der Waals surface area contributed by atoms with E-state index < -0.39 is 0 Å². The van der Waals surface area contributed by atoms with Gasteiger partial charge in [-0.05, 0) is 50.7 Å². The molecule has 0 saturated heterocycles. The molecule has 0 fully saturated rings. The summed E-state index contributed by atoms with van der Waals surface area (Å²) in [4.78, 5) is 0.